The Balaban J connectivity index is 1.82. The number of hydrogen-bond acceptors (Lipinski definition) is 3. The predicted octanol–water partition coefficient (Wildman–Crippen LogP) is 4.06. The molecule has 0 spiro atoms. The Kier molecular flexibility index (Phi) is 3.48. The standard InChI is InChI=1S/C18H19FN4/c1-12-20-16-11-15(13-5-7-14(19)8-6-13)22-17(16)18(21-12)23-9-3-2-4-10-23/h5-8,11,22H,2-4,9-10H2,1H3. The highest BCUT2D eigenvalue weighted by Gasteiger charge is 2.18. The van der Waals surface area contributed by atoms with Gasteiger partial charge in [0.2, 0.25) is 0 Å². The second-order valence-electron chi connectivity index (χ2n) is 6.09. The molecule has 2 aromatic heterocycles. The first kappa shape index (κ1) is 14.2. The van der Waals surface area contributed by atoms with Gasteiger partial charge in [0.1, 0.15) is 17.2 Å². The smallest absolute Gasteiger partial charge is 0.156 e. The van der Waals surface area contributed by atoms with Crippen molar-refractivity contribution < 1.29 is 4.39 Å². The Bertz CT molecular complexity index is 832. The Morgan fingerprint density at radius 1 is 1.04 bits per heavy atom. The predicted molar refractivity (Wildman–Crippen MR) is 90.1 cm³/mol. The molecule has 0 atom stereocenters. The van der Waals surface area contributed by atoms with Gasteiger partial charge in [-0.1, -0.05) is 0 Å². The van der Waals surface area contributed by atoms with Crippen LogP contribution in [0, 0.1) is 12.7 Å². The highest BCUT2D eigenvalue weighted by atomic mass is 19.1. The van der Waals surface area contributed by atoms with E-state index in [0.29, 0.717) is 0 Å². The van der Waals surface area contributed by atoms with E-state index in [0.717, 1.165) is 47.0 Å². The lowest BCUT2D eigenvalue weighted by molar-refractivity contribution is 0.574. The summed E-state index contributed by atoms with van der Waals surface area (Å²) in [5.41, 5.74) is 3.78. The third-order valence-electron chi connectivity index (χ3n) is 4.38. The molecule has 23 heavy (non-hydrogen) atoms. The largest absolute Gasteiger partial charge is 0.355 e. The number of aromatic amines is 1. The van der Waals surface area contributed by atoms with Gasteiger partial charge in [-0.3, -0.25) is 0 Å². The molecule has 3 heterocycles. The molecule has 1 fully saturated rings. The molecule has 5 heteroatoms. The maximum absolute atomic E-state index is 13.1. The van der Waals surface area contributed by atoms with Crippen molar-refractivity contribution in [1.29, 1.82) is 0 Å². The van der Waals surface area contributed by atoms with Gasteiger partial charge in [-0.25, -0.2) is 14.4 Å². The number of hydrogen-bond donors (Lipinski definition) is 1. The lowest BCUT2D eigenvalue weighted by Gasteiger charge is -2.28. The number of halogens is 1. The van der Waals surface area contributed by atoms with Gasteiger partial charge < -0.3 is 9.88 Å². The number of piperidine rings is 1. The van der Waals surface area contributed by atoms with E-state index in [1.807, 2.05) is 13.0 Å². The third kappa shape index (κ3) is 2.67. The van der Waals surface area contributed by atoms with E-state index in [9.17, 15) is 4.39 Å². The summed E-state index contributed by atoms with van der Waals surface area (Å²) in [5, 5.41) is 0. The van der Waals surface area contributed by atoms with Gasteiger partial charge >= 0.3 is 0 Å². The van der Waals surface area contributed by atoms with Gasteiger partial charge in [-0.05, 0) is 62.1 Å². The molecule has 0 amide bonds. The number of aryl methyl sites for hydroxylation is 1. The third-order valence-corrected chi connectivity index (χ3v) is 4.38. The number of nitrogens with one attached hydrogen (secondary N) is 1. The van der Waals surface area contributed by atoms with Crippen molar-refractivity contribution in [2.24, 2.45) is 0 Å². The molecule has 0 unspecified atom stereocenters. The van der Waals surface area contributed by atoms with E-state index < -0.39 is 0 Å². The fourth-order valence-electron chi connectivity index (χ4n) is 3.23. The second kappa shape index (κ2) is 5.65. The Morgan fingerprint density at radius 2 is 1.78 bits per heavy atom. The van der Waals surface area contributed by atoms with E-state index in [1.165, 1.54) is 31.4 Å². The molecule has 1 aromatic carbocycles. The first-order valence-electron chi connectivity index (χ1n) is 8.09. The van der Waals surface area contributed by atoms with Crippen LogP contribution in [0.1, 0.15) is 25.1 Å². The van der Waals surface area contributed by atoms with Crippen molar-refractivity contribution in [1.82, 2.24) is 15.0 Å². The zero-order valence-electron chi connectivity index (χ0n) is 13.1. The molecule has 0 radical (unpaired) electrons. The number of anilines is 1. The summed E-state index contributed by atoms with van der Waals surface area (Å²) in [7, 11) is 0. The van der Waals surface area contributed by atoms with Crippen LogP contribution in [0.15, 0.2) is 30.3 Å². The Labute approximate surface area is 134 Å². The van der Waals surface area contributed by atoms with E-state index in [1.54, 1.807) is 12.1 Å². The van der Waals surface area contributed by atoms with Gasteiger partial charge in [0, 0.05) is 18.8 Å². The topological polar surface area (TPSA) is 44.8 Å². The van der Waals surface area contributed by atoms with Gasteiger partial charge in [0.15, 0.2) is 5.82 Å². The lowest BCUT2D eigenvalue weighted by atomic mass is 10.1. The molecular formula is C18H19FN4. The lowest BCUT2D eigenvalue weighted by Crippen LogP contribution is -2.30. The fraction of sp³-hybridized carbons (Fsp3) is 0.333. The van der Waals surface area contributed by atoms with Crippen LogP contribution in [0.3, 0.4) is 0 Å². The SMILES string of the molecule is Cc1nc(N2CCCCC2)c2[nH]c(-c3ccc(F)cc3)cc2n1. The van der Waals surface area contributed by atoms with E-state index >= 15 is 0 Å². The number of aromatic nitrogens is 3. The quantitative estimate of drug-likeness (QED) is 0.776. The Hall–Kier alpha value is -2.43. The van der Waals surface area contributed by atoms with Crippen molar-refractivity contribution in [3.8, 4) is 11.3 Å². The van der Waals surface area contributed by atoms with Crippen LogP contribution in [0.4, 0.5) is 10.2 Å². The monoisotopic (exact) mass is 310 g/mol. The number of rotatable bonds is 2. The van der Waals surface area contributed by atoms with Crippen LogP contribution in [0.5, 0.6) is 0 Å². The highest BCUT2D eigenvalue weighted by Crippen LogP contribution is 2.30. The van der Waals surface area contributed by atoms with Crippen molar-refractivity contribution in [3.63, 3.8) is 0 Å². The van der Waals surface area contributed by atoms with Gasteiger partial charge in [0.05, 0.1) is 5.52 Å². The van der Waals surface area contributed by atoms with E-state index in [2.05, 4.69) is 19.9 Å². The molecule has 1 N–H and O–H groups in total. The van der Waals surface area contributed by atoms with Crippen LogP contribution in [-0.2, 0) is 0 Å². The maximum Gasteiger partial charge on any atom is 0.156 e. The number of nitrogens with zero attached hydrogens (tertiary/aromatic N) is 3. The second-order valence-corrected chi connectivity index (χ2v) is 6.09. The van der Waals surface area contributed by atoms with Crippen molar-refractivity contribution in [2.75, 3.05) is 18.0 Å². The fourth-order valence-corrected chi connectivity index (χ4v) is 3.23. The molecule has 0 saturated carbocycles. The Morgan fingerprint density at radius 3 is 2.52 bits per heavy atom. The van der Waals surface area contributed by atoms with Crippen LogP contribution in [-0.4, -0.2) is 28.0 Å². The molecule has 1 aliphatic heterocycles. The van der Waals surface area contributed by atoms with E-state index in [-0.39, 0.29) is 5.82 Å². The van der Waals surface area contributed by atoms with Crippen molar-refractivity contribution >= 4 is 16.9 Å². The summed E-state index contributed by atoms with van der Waals surface area (Å²) in [6, 6.07) is 8.53. The summed E-state index contributed by atoms with van der Waals surface area (Å²) in [6.45, 7) is 4.00. The normalized spacial score (nSPS) is 15.3. The van der Waals surface area contributed by atoms with Crippen LogP contribution >= 0.6 is 0 Å². The summed E-state index contributed by atoms with van der Waals surface area (Å²) in [5.74, 6) is 1.54. The molecular weight excluding hydrogens is 291 g/mol. The van der Waals surface area contributed by atoms with Gasteiger partial charge in [-0.2, -0.15) is 0 Å². The first-order valence-corrected chi connectivity index (χ1v) is 8.09. The summed E-state index contributed by atoms with van der Waals surface area (Å²) >= 11 is 0. The summed E-state index contributed by atoms with van der Waals surface area (Å²) in [6.07, 6.45) is 3.70. The number of benzene rings is 1. The molecule has 1 aliphatic rings. The summed E-state index contributed by atoms with van der Waals surface area (Å²) < 4.78 is 13.1. The first-order chi connectivity index (χ1) is 11.2. The van der Waals surface area contributed by atoms with Crippen LogP contribution < -0.4 is 4.90 Å². The van der Waals surface area contributed by atoms with Gasteiger partial charge in [-0.15, -0.1) is 0 Å². The molecule has 0 bridgehead atoms. The number of H-pyrrole nitrogens is 1. The van der Waals surface area contributed by atoms with Crippen LogP contribution in [0.25, 0.3) is 22.3 Å². The van der Waals surface area contributed by atoms with Crippen molar-refractivity contribution in [3.05, 3.63) is 42.0 Å². The molecule has 4 nitrogen and oxygen atoms in total. The van der Waals surface area contributed by atoms with Crippen molar-refractivity contribution in [2.45, 2.75) is 26.2 Å². The molecule has 4 rings (SSSR count). The zero-order chi connectivity index (χ0) is 15.8. The zero-order valence-corrected chi connectivity index (χ0v) is 13.1. The van der Waals surface area contributed by atoms with Crippen LogP contribution in [0.2, 0.25) is 0 Å². The van der Waals surface area contributed by atoms with Gasteiger partial charge in [0.25, 0.3) is 0 Å². The summed E-state index contributed by atoms with van der Waals surface area (Å²) in [4.78, 5) is 15.0. The minimum absolute atomic E-state index is 0.227. The maximum atomic E-state index is 13.1. The minimum Gasteiger partial charge on any atom is -0.355 e. The molecule has 0 aliphatic carbocycles. The molecule has 1 saturated heterocycles. The average molecular weight is 310 g/mol. The highest BCUT2D eigenvalue weighted by molar-refractivity contribution is 5.90. The van der Waals surface area contributed by atoms with E-state index in [4.69, 9.17) is 0 Å². The minimum atomic E-state index is -0.227. The molecule has 3 aromatic rings. The molecule has 118 valence electrons. The average Bonchev–Trinajstić information content (AvgIpc) is 2.99. The number of fused-ring (bicyclic) bond motifs is 1.